The lowest BCUT2D eigenvalue weighted by atomic mass is 10.0. The molecule has 0 amide bonds. The Balaban J connectivity index is 2.19. The zero-order valence-electron chi connectivity index (χ0n) is 12.4. The molecular weight excluding hydrogens is 258 g/mol. The third kappa shape index (κ3) is 3.21. The van der Waals surface area contributed by atoms with Crippen LogP contribution in [0.2, 0.25) is 0 Å². The monoisotopic (exact) mass is 281 g/mol. The Morgan fingerprint density at radius 2 is 1.95 bits per heavy atom. The SMILES string of the molecule is Cc1cc(C)c(CCl)c(N2CCC(N(C)C)CC2)n1. The number of aromatic nitrogens is 1. The first-order valence-corrected chi connectivity index (χ1v) is 7.51. The second-order valence-corrected chi connectivity index (χ2v) is 5.97. The Morgan fingerprint density at radius 1 is 1.32 bits per heavy atom. The maximum Gasteiger partial charge on any atom is 0.133 e. The van der Waals surface area contributed by atoms with Gasteiger partial charge in [0, 0.05) is 30.4 Å². The molecule has 0 spiro atoms. The van der Waals surface area contributed by atoms with Gasteiger partial charge >= 0.3 is 0 Å². The molecule has 19 heavy (non-hydrogen) atoms. The fourth-order valence-electron chi connectivity index (χ4n) is 2.86. The first-order valence-electron chi connectivity index (χ1n) is 6.97. The van der Waals surface area contributed by atoms with Gasteiger partial charge in [0.05, 0.1) is 5.88 Å². The van der Waals surface area contributed by atoms with E-state index in [9.17, 15) is 0 Å². The van der Waals surface area contributed by atoms with E-state index in [1.807, 2.05) is 0 Å². The lowest BCUT2D eigenvalue weighted by Crippen LogP contribution is -2.42. The summed E-state index contributed by atoms with van der Waals surface area (Å²) in [7, 11) is 4.33. The van der Waals surface area contributed by atoms with Crippen LogP contribution in [0.1, 0.15) is 29.7 Å². The zero-order valence-corrected chi connectivity index (χ0v) is 13.2. The van der Waals surface area contributed by atoms with Crippen LogP contribution in [-0.2, 0) is 5.88 Å². The second kappa shape index (κ2) is 6.10. The van der Waals surface area contributed by atoms with Gasteiger partial charge in [-0.1, -0.05) is 0 Å². The minimum Gasteiger partial charge on any atom is -0.356 e. The fraction of sp³-hybridized carbons (Fsp3) is 0.667. The van der Waals surface area contributed by atoms with Crippen molar-refractivity contribution in [3.8, 4) is 0 Å². The number of piperidine rings is 1. The van der Waals surface area contributed by atoms with E-state index in [0.29, 0.717) is 11.9 Å². The highest BCUT2D eigenvalue weighted by molar-refractivity contribution is 6.17. The molecule has 1 aromatic rings. The highest BCUT2D eigenvalue weighted by atomic mass is 35.5. The molecule has 4 heteroatoms. The summed E-state index contributed by atoms with van der Waals surface area (Å²) < 4.78 is 0. The van der Waals surface area contributed by atoms with Crippen LogP contribution in [0.5, 0.6) is 0 Å². The van der Waals surface area contributed by atoms with E-state index < -0.39 is 0 Å². The number of anilines is 1. The van der Waals surface area contributed by atoms with Gasteiger partial charge in [-0.05, 0) is 52.4 Å². The number of hydrogen-bond acceptors (Lipinski definition) is 3. The minimum absolute atomic E-state index is 0.544. The Hall–Kier alpha value is -0.800. The van der Waals surface area contributed by atoms with E-state index in [1.54, 1.807) is 0 Å². The third-order valence-electron chi connectivity index (χ3n) is 4.08. The number of alkyl halides is 1. The van der Waals surface area contributed by atoms with E-state index in [0.717, 1.165) is 24.6 Å². The van der Waals surface area contributed by atoms with Gasteiger partial charge in [-0.3, -0.25) is 0 Å². The Morgan fingerprint density at radius 3 is 2.47 bits per heavy atom. The van der Waals surface area contributed by atoms with E-state index in [4.69, 9.17) is 16.6 Å². The van der Waals surface area contributed by atoms with Gasteiger partial charge in [-0.15, -0.1) is 11.6 Å². The largest absolute Gasteiger partial charge is 0.356 e. The highest BCUT2D eigenvalue weighted by Gasteiger charge is 2.23. The molecule has 0 aliphatic carbocycles. The molecule has 0 bridgehead atoms. The summed E-state index contributed by atoms with van der Waals surface area (Å²) in [5, 5.41) is 0. The van der Waals surface area contributed by atoms with E-state index in [1.165, 1.54) is 24.0 Å². The maximum absolute atomic E-state index is 6.11. The summed E-state index contributed by atoms with van der Waals surface area (Å²) in [5.41, 5.74) is 3.53. The van der Waals surface area contributed by atoms with Crippen LogP contribution in [0.3, 0.4) is 0 Å². The van der Waals surface area contributed by atoms with Crippen molar-refractivity contribution in [1.82, 2.24) is 9.88 Å². The van der Waals surface area contributed by atoms with E-state index in [2.05, 4.69) is 43.8 Å². The van der Waals surface area contributed by atoms with Gasteiger partial charge in [0.15, 0.2) is 0 Å². The lowest BCUT2D eigenvalue weighted by molar-refractivity contribution is 0.249. The standard InChI is InChI=1S/C15H24ClN3/c1-11-9-12(2)17-15(14(11)10-16)19-7-5-13(6-8-19)18(3)4/h9,13H,5-8,10H2,1-4H3. The Kier molecular flexibility index (Phi) is 4.69. The molecule has 3 nitrogen and oxygen atoms in total. The van der Waals surface area contributed by atoms with Crippen LogP contribution in [0.15, 0.2) is 6.07 Å². The third-order valence-corrected chi connectivity index (χ3v) is 4.35. The van der Waals surface area contributed by atoms with Gasteiger partial charge in [0.1, 0.15) is 5.82 Å². The molecule has 2 heterocycles. The van der Waals surface area contributed by atoms with E-state index in [-0.39, 0.29) is 0 Å². The summed E-state index contributed by atoms with van der Waals surface area (Å²) in [5.74, 6) is 1.65. The Bertz CT molecular complexity index is 437. The molecule has 1 aliphatic rings. The van der Waals surface area contributed by atoms with Gasteiger partial charge in [0.25, 0.3) is 0 Å². The number of pyridine rings is 1. The average Bonchev–Trinajstić information content (AvgIpc) is 2.38. The van der Waals surface area contributed by atoms with Crippen LogP contribution >= 0.6 is 11.6 Å². The number of halogens is 1. The van der Waals surface area contributed by atoms with Crippen LogP contribution in [0.4, 0.5) is 5.82 Å². The zero-order chi connectivity index (χ0) is 14.0. The van der Waals surface area contributed by atoms with Crippen molar-refractivity contribution in [3.63, 3.8) is 0 Å². The van der Waals surface area contributed by atoms with Crippen LogP contribution < -0.4 is 4.90 Å². The summed E-state index contributed by atoms with van der Waals surface area (Å²) in [4.78, 5) is 9.45. The molecule has 1 aliphatic heterocycles. The van der Waals surface area contributed by atoms with Crippen LogP contribution in [-0.4, -0.2) is 43.1 Å². The first kappa shape index (κ1) is 14.6. The van der Waals surface area contributed by atoms with Gasteiger partial charge in [-0.25, -0.2) is 4.98 Å². The topological polar surface area (TPSA) is 19.4 Å². The normalized spacial score (nSPS) is 17.3. The summed E-state index contributed by atoms with van der Waals surface area (Å²) >= 11 is 6.11. The number of nitrogens with zero attached hydrogens (tertiary/aromatic N) is 3. The smallest absolute Gasteiger partial charge is 0.133 e. The number of aryl methyl sites for hydroxylation is 2. The summed E-state index contributed by atoms with van der Waals surface area (Å²) in [6.45, 7) is 6.33. The molecule has 1 aromatic heterocycles. The highest BCUT2D eigenvalue weighted by Crippen LogP contribution is 2.27. The lowest BCUT2D eigenvalue weighted by Gasteiger charge is -2.36. The van der Waals surface area contributed by atoms with Crippen molar-refractivity contribution in [3.05, 3.63) is 22.9 Å². The van der Waals surface area contributed by atoms with Crippen molar-refractivity contribution in [2.45, 2.75) is 38.6 Å². The molecular formula is C15H24ClN3. The van der Waals surface area contributed by atoms with Crippen LogP contribution in [0.25, 0.3) is 0 Å². The van der Waals surface area contributed by atoms with Crippen molar-refractivity contribution >= 4 is 17.4 Å². The molecule has 1 fully saturated rings. The molecule has 0 saturated carbocycles. The van der Waals surface area contributed by atoms with Crippen molar-refractivity contribution < 1.29 is 0 Å². The van der Waals surface area contributed by atoms with Crippen molar-refractivity contribution in [1.29, 1.82) is 0 Å². The van der Waals surface area contributed by atoms with Gasteiger partial charge < -0.3 is 9.80 Å². The molecule has 106 valence electrons. The molecule has 1 saturated heterocycles. The minimum atomic E-state index is 0.544. The summed E-state index contributed by atoms with van der Waals surface area (Å²) in [6.07, 6.45) is 2.40. The fourth-order valence-corrected chi connectivity index (χ4v) is 3.19. The van der Waals surface area contributed by atoms with Gasteiger partial charge in [-0.2, -0.15) is 0 Å². The number of hydrogen-bond donors (Lipinski definition) is 0. The predicted octanol–water partition coefficient (Wildman–Crippen LogP) is 2.97. The first-order chi connectivity index (χ1) is 9.02. The van der Waals surface area contributed by atoms with Gasteiger partial charge in [0.2, 0.25) is 0 Å². The molecule has 0 atom stereocenters. The second-order valence-electron chi connectivity index (χ2n) is 5.70. The Labute approximate surface area is 121 Å². The molecule has 0 aromatic carbocycles. The summed E-state index contributed by atoms with van der Waals surface area (Å²) in [6, 6.07) is 2.81. The van der Waals surface area contributed by atoms with Crippen molar-refractivity contribution in [2.24, 2.45) is 0 Å². The molecule has 0 N–H and O–H groups in total. The van der Waals surface area contributed by atoms with Crippen molar-refractivity contribution in [2.75, 3.05) is 32.1 Å². The number of rotatable bonds is 3. The quantitative estimate of drug-likeness (QED) is 0.794. The molecule has 0 unspecified atom stereocenters. The molecule has 2 rings (SSSR count). The maximum atomic E-state index is 6.11. The average molecular weight is 282 g/mol. The predicted molar refractivity (Wildman–Crippen MR) is 82.2 cm³/mol. The molecule has 0 radical (unpaired) electrons. The van der Waals surface area contributed by atoms with E-state index >= 15 is 0 Å². The van der Waals surface area contributed by atoms with Crippen LogP contribution in [0, 0.1) is 13.8 Å².